The van der Waals surface area contributed by atoms with E-state index in [1.54, 1.807) is 12.1 Å². The first-order valence-corrected chi connectivity index (χ1v) is 12.7. The zero-order valence-corrected chi connectivity index (χ0v) is 19.8. The molecule has 1 heterocycles. The Morgan fingerprint density at radius 3 is 2.24 bits per heavy atom. The Labute approximate surface area is 199 Å². The summed E-state index contributed by atoms with van der Waals surface area (Å²) in [5.74, 6) is -0.956. The summed E-state index contributed by atoms with van der Waals surface area (Å²) in [5, 5.41) is 1.92. The number of methoxy groups -OCH3 is 1. The second-order valence-electron chi connectivity index (χ2n) is 8.25. The van der Waals surface area contributed by atoms with Gasteiger partial charge in [-0.2, -0.15) is 4.31 Å². The van der Waals surface area contributed by atoms with Crippen LogP contribution in [0.5, 0.6) is 5.75 Å². The number of hydrogen-bond acceptors (Lipinski definition) is 6. The van der Waals surface area contributed by atoms with E-state index in [2.05, 4.69) is 0 Å². The van der Waals surface area contributed by atoms with Gasteiger partial charge in [-0.15, -0.1) is 0 Å². The lowest BCUT2D eigenvalue weighted by Gasteiger charge is -2.21. The second-order valence-corrected chi connectivity index (χ2v) is 10.2. The molecule has 0 spiro atoms. The summed E-state index contributed by atoms with van der Waals surface area (Å²) in [7, 11) is -2.46. The van der Waals surface area contributed by atoms with Crippen molar-refractivity contribution in [2.24, 2.45) is 0 Å². The van der Waals surface area contributed by atoms with Crippen molar-refractivity contribution in [3.8, 4) is 5.75 Å². The van der Waals surface area contributed by atoms with Crippen LogP contribution < -0.4 is 4.74 Å². The molecule has 0 aromatic heterocycles. The molecular weight excluding hydrogens is 454 g/mol. The van der Waals surface area contributed by atoms with Gasteiger partial charge in [0.1, 0.15) is 10.6 Å². The van der Waals surface area contributed by atoms with Crippen LogP contribution >= 0.6 is 0 Å². The highest BCUT2D eigenvalue weighted by Crippen LogP contribution is 2.29. The lowest BCUT2D eigenvalue weighted by atomic mass is 10.0. The van der Waals surface area contributed by atoms with Gasteiger partial charge in [0.05, 0.1) is 12.7 Å². The average molecular weight is 482 g/mol. The number of sulfonamides is 1. The Morgan fingerprint density at radius 1 is 0.853 bits per heavy atom. The summed E-state index contributed by atoms with van der Waals surface area (Å²) < 4.78 is 38.5. The van der Waals surface area contributed by atoms with Crippen LogP contribution in [0.4, 0.5) is 0 Å². The number of carbonyl (C=O) groups is 2. The molecule has 0 unspecified atom stereocenters. The number of Topliss-reactive ketones (excluding diaryl/α,β-unsaturated/α-hetero) is 1. The fourth-order valence-electron chi connectivity index (χ4n) is 4.09. The Morgan fingerprint density at radius 2 is 1.53 bits per heavy atom. The van der Waals surface area contributed by atoms with Crippen LogP contribution in [0, 0.1) is 0 Å². The van der Waals surface area contributed by atoms with Crippen molar-refractivity contribution in [2.45, 2.75) is 30.6 Å². The van der Waals surface area contributed by atoms with E-state index in [-0.39, 0.29) is 22.0 Å². The maximum atomic E-state index is 13.3. The van der Waals surface area contributed by atoms with Gasteiger partial charge in [-0.3, -0.25) is 4.79 Å². The smallest absolute Gasteiger partial charge is 0.338 e. The van der Waals surface area contributed by atoms with E-state index in [9.17, 15) is 18.0 Å². The number of carbonyl (C=O) groups excluding carboxylic acids is 2. The topological polar surface area (TPSA) is 90.0 Å². The van der Waals surface area contributed by atoms with E-state index in [0.29, 0.717) is 18.7 Å². The van der Waals surface area contributed by atoms with Gasteiger partial charge < -0.3 is 9.47 Å². The van der Waals surface area contributed by atoms with Crippen molar-refractivity contribution < 1.29 is 27.5 Å². The molecule has 0 radical (unpaired) electrons. The van der Waals surface area contributed by atoms with Crippen molar-refractivity contribution in [3.05, 3.63) is 71.8 Å². The lowest BCUT2D eigenvalue weighted by molar-refractivity contribution is 0.0474. The van der Waals surface area contributed by atoms with Gasteiger partial charge in [0, 0.05) is 18.7 Å². The number of esters is 1. The first kappa shape index (κ1) is 23.9. The monoisotopic (exact) mass is 481 g/mol. The van der Waals surface area contributed by atoms with Gasteiger partial charge in [0.15, 0.2) is 12.4 Å². The van der Waals surface area contributed by atoms with Gasteiger partial charge in [0.2, 0.25) is 10.0 Å². The minimum absolute atomic E-state index is 0.0421. The van der Waals surface area contributed by atoms with Crippen molar-refractivity contribution in [2.75, 3.05) is 26.8 Å². The summed E-state index contributed by atoms with van der Waals surface area (Å²) in [6.45, 7) is 0.415. The van der Waals surface area contributed by atoms with Crippen LogP contribution in [-0.2, 0) is 14.8 Å². The zero-order chi connectivity index (χ0) is 24.1. The SMILES string of the molecule is COc1ccc(C(=O)OCC(=O)c2ccc3ccccc3c2)cc1S(=O)(=O)N1CCCCCC1. The predicted octanol–water partition coefficient (Wildman–Crippen LogP) is 4.45. The molecule has 3 aromatic carbocycles. The average Bonchev–Trinajstić information content (AvgIpc) is 3.16. The van der Waals surface area contributed by atoms with Crippen molar-refractivity contribution in [1.82, 2.24) is 4.31 Å². The minimum atomic E-state index is -3.85. The third-order valence-corrected chi connectivity index (χ3v) is 7.91. The number of ketones is 1. The number of hydrogen-bond donors (Lipinski definition) is 0. The quantitative estimate of drug-likeness (QED) is 0.366. The Bertz CT molecular complexity index is 1310. The standard InChI is InChI=1S/C26H27NO6S/c1-32-24-13-12-22(17-25(24)34(30,31)27-14-6-2-3-7-15-27)26(29)33-18-23(28)21-11-10-19-8-4-5-9-20(19)16-21/h4-5,8-13,16-17H,2-3,6-7,14-15,18H2,1H3. The highest BCUT2D eigenvalue weighted by Gasteiger charge is 2.29. The Kier molecular flexibility index (Phi) is 7.29. The third-order valence-electron chi connectivity index (χ3n) is 5.99. The molecule has 8 heteroatoms. The molecule has 4 rings (SSSR count). The normalized spacial score (nSPS) is 15.0. The molecule has 178 valence electrons. The fraction of sp³-hybridized carbons (Fsp3) is 0.308. The summed E-state index contributed by atoms with van der Waals surface area (Å²) in [4.78, 5) is 25.2. The van der Waals surface area contributed by atoms with Crippen LogP contribution in [0.1, 0.15) is 46.4 Å². The van der Waals surface area contributed by atoms with Crippen molar-refractivity contribution in [1.29, 1.82) is 0 Å². The van der Waals surface area contributed by atoms with Gasteiger partial charge in [-0.25, -0.2) is 13.2 Å². The molecule has 34 heavy (non-hydrogen) atoms. The molecule has 3 aromatic rings. The molecule has 0 atom stereocenters. The maximum Gasteiger partial charge on any atom is 0.338 e. The van der Waals surface area contributed by atoms with Gasteiger partial charge in [-0.05, 0) is 47.9 Å². The van der Waals surface area contributed by atoms with E-state index in [1.807, 2.05) is 30.3 Å². The van der Waals surface area contributed by atoms with E-state index < -0.39 is 22.6 Å². The van der Waals surface area contributed by atoms with Gasteiger partial charge in [-0.1, -0.05) is 49.2 Å². The summed E-state index contributed by atoms with van der Waals surface area (Å²) in [5.41, 5.74) is 0.478. The molecule has 0 bridgehead atoms. The molecule has 1 aliphatic rings. The fourth-order valence-corrected chi connectivity index (χ4v) is 5.79. The molecule has 0 N–H and O–H groups in total. The van der Waals surface area contributed by atoms with Gasteiger partial charge in [0.25, 0.3) is 0 Å². The van der Waals surface area contributed by atoms with E-state index in [0.717, 1.165) is 36.5 Å². The van der Waals surface area contributed by atoms with Crippen LogP contribution in [0.3, 0.4) is 0 Å². The summed E-state index contributed by atoms with van der Waals surface area (Å²) in [6, 6.07) is 17.1. The molecule has 7 nitrogen and oxygen atoms in total. The summed E-state index contributed by atoms with van der Waals surface area (Å²) in [6.07, 6.45) is 3.56. The Hall–Kier alpha value is -3.23. The molecule has 0 amide bonds. The highest BCUT2D eigenvalue weighted by atomic mass is 32.2. The van der Waals surface area contributed by atoms with E-state index in [4.69, 9.17) is 9.47 Å². The van der Waals surface area contributed by atoms with Crippen LogP contribution in [0.2, 0.25) is 0 Å². The predicted molar refractivity (Wildman–Crippen MR) is 129 cm³/mol. The van der Waals surface area contributed by atoms with E-state index >= 15 is 0 Å². The molecular formula is C26H27NO6S. The first-order valence-electron chi connectivity index (χ1n) is 11.3. The molecule has 0 saturated carbocycles. The second kappa shape index (κ2) is 10.4. The van der Waals surface area contributed by atoms with Gasteiger partial charge >= 0.3 is 5.97 Å². The molecule has 1 saturated heterocycles. The highest BCUT2D eigenvalue weighted by molar-refractivity contribution is 7.89. The van der Waals surface area contributed by atoms with Crippen molar-refractivity contribution in [3.63, 3.8) is 0 Å². The van der Waals surface area contributed by atoms with Crippen LogP contribution in [0.15, 0.2) is 65.6 Å². The zero-order valence-electron chi connectivity index (χ0n) is 19.0. The first-order chi connectivity index (χ1) is 16.4. The summed E-state index contributed by atoms with van der Waals surface area (Å²) >= 11 is 0. The number of fused-ring (bicyclic) bond motifs is 1. The Balaban J connectivity index is 1.51. The largest absolute Gasteiger partial charge is 0.495 e. The van der Waals surface area contributed by atoms with Crippen LogP contribution in [-0.4, -0.2) is 51.3 Å². The maximum absolute atomic E-state index is 13.3. The number of benzene rings is 3. The molecule has 1 fully saturated rings. The minimum Gasteiger partial charge on any atom is -0.495 e. The van der Waals surface area contributed by atoms with E-state index in [1.165, 1.54) is 29.6 Å². The molecule has 1 aliphatic heterocycles. The number of ether oxygens (including phenoxy) is 2. The third kappa shape index (κ3) is 5.13. The molecule has 0 aliphatic carbocycles. The number of nitrogens with zero attached hydrogens (tertiary/aromatic N) is 1. The van der Waals surface area contributed by atoms with Crippen molar-refractivity contribution >= 4 is 32.5 Å². The number of rotatable bonds is 7. The lowest BCUT2D eigenvalue weighted by Crippen LogP contribution is -2.32. The van der Waals surface area contributed by atoms with Crippen LogP contribution in [0.25, 0.3) is 10.8 Å².